The first-order valence-electron chi connectivity index (χ1n) is 7.07. The quantitative estimate of drug-likeness (QED) is 0.688. The number of aliphatic imine (C=N–C) groups is 1. The molecule has 1 N–H and O–H groups in total. The zero-order valence-electron chi connectivity index (χ0n) is 12.8. The molecule has 112 valence electrons. The standard InChI is InChI=1S/C14H24N4S2/c1-5-12-17-11(9-19-12)8-16-13(15-4)18-6-7-20-14(2,3)10-18/h9H,5-8,10H2,1-4H3,(H,15,16). The van der Waals surface area contributed by atoms with Crippen molar-refractivity contribution in [2.75, 3.05) is 25.9 Å². The molecule has 2 rings (SSSR count). The molecule has 1 aromatic rings. The van der Waals surface area contributed by atoms with Crippen molar-refractivity contribution in [2.45, 2.75) is 38.5 Å². The number of guanidine groups is 1. The number of hydrogen-bond acceptors (Lipinski definition) is 4. The van der Waals surface area contributed by atoms with E-state index in [1.807, 2.05) is 18.8 Å². The van der Waals surface area contributed by atoms with E-state index in [2.05, 4.69) is 46.3 Å². The molecule has 0 saturated carbocycles. The summed E-state index contributed by atoms with van der Waals surface area (Å²) in [5.41, 5.74) is 1.11. The monoisotopic (exact) mass is 312 g/mol. The van der Waals surface area contributed by atoms with Gasteiger partial charge in [0, 0.05) is 36.0 Å². The number of aryl methyl sites for hydroxylation is 1. The lowest BCUT2D eigenvalue weighted by Gasteiger charge is -2.39. The van der Waals surface area contributed by atoms with Gasteiger partial charge in [-0.2, -0.15) is 11.8 Å². The van der Waals surface area contributed by atoms with Gasteiger partial charge in [-0.05, 0) is 20.3 Å². The Balaban J connectivity index is 1.92. The van der Waals surface area contributed by atoms with Gasteiger partial charge in [0.15, 0.2) is 5.96 Å². The Morgan fingerprint density at radius 2 is 2.35 bits per heavy atom. The van der Waals surface area contributed by atoms with Crippen molar-refractivity contribution in [3.8, 4) is 0 Å². The number of hydrogen-bond donors (Lipinski definition) is 1. The highest BCUT2D eigenvalue weighted by molar-refractivity contribution is 8.00. The van der Waals surface area contributed by atoms with Gasteiger partial charge in [-0.1, -0.05) is 6.92 Å². The van der Waals surface area contributed by atoms with Crippen molar-refractivity contribution in [3.63, 3.8) is 0 Å². The average molecular weight is 313 g/mol. The molecule has 1 saturated heterocycles. The van der Waals surface area contributed by atoms with E-state index in [4.69, 9.17) is 0 Å². The van der Waals surface area contributed by atoms with Crippen LogP contribution in [0.1, 0.15) is 31.5 Å². The summed E-state index contributed by atoms with van der Waals surface area (Å²) in [6, 6.07) is 0. The van der Waals surface area contributed by atoms with Crippen molar-refractivity contribution < 1.29 is 0 Å². The fourth-order valence-electron chi connectivity index (χ4n) is 2.29. The highest BCUT2D eigenvalue weighted by atomic mass is 32.2. The largest absolute Gasteiger partial charge is 0.351 e. The van der Waals surface area contributed by atoms with Crippen LogP contribution in [-0.4, -0.2) is 46.5 Å². The van der Waals surface area contributed by atoms with Gasteiger partial charge in [-0.15, -0.1) is 11.3 Å². The fourth-order valence-corrected chi connectivity index (χ4v) is 4.15. The first-order valence-corrected chi connectivity index (χ1v) is 8.93. The predicted octanol–water partition coefficient (Wildman–Crippen LogP) is 2.61. The summed E-state index contributed by atoms with van der Waals surface area (Å²) in [5, 5.41) is 6.78. The molecule has 1 aromatic heterocycles. The van der Waals surface area contributed by atoms with Crippen LogP contribution < -0.4 is 5.32 Å². The molecule has 0 unspecified atom stereocenters. The van der Waals surface area contributed by atoms with Crippen LogP contribution in [0.25, 0.3) is 0 Å². The van der Waals surface area contributed by atoms with Gasteiger partial charge in [-0.25, -0.2) is 4.98 Å². The number of nitrogens with one attached hydrogen (secondary N) is 1. The number of thioether (sulfide) groups is 1. The Hall–Kier alpha value is -0.750. The summed E-state index contributed by atoms with van der Waals surface area (Å²) in [6.45, 7) is 9.59. The molecule has 0 atom stereocenters. The minimum Gasteiger partial charge on any atom is -0.351 e. The first kappa shape index (κ1) is 15.6. The second-order valence-corrected chi connectivity index (χ2v) is 8.26. The molecule has 2 heterocycles. The number of aromatic nitrogens is 1. The van der Waals surface area contributed by atoms with Gasteiger partial charge in [0.1, 0.15) is 0 Å². The van der Waals surface area contributed by atoms with Crippen molar-refractivity contribution in [1.29, 1.82) is 0 Å². The van der Waals surface area contributed by atoms with Gasteiger partial charge in [0.05, 0.1) is 17.2 Å². The lowest BCUT2D eigenvalue weighted by Crippen LogP contribution is -2.50. The van der Waals surface area contributed by atoms with Crippen LogP contribution in [0.15, 0.2) is 10.4 Å². The van der Waals surface area contributed by atoms with Crippen LogP contribution in [0.5, 0.6) is 0 Å². The summed E-state index contributed by atoms with van der Waals surface area (Å²) in [4.78, 5) is 11.4. The second-order valence-electron chi connectivity index (χ2n) is 5.52. The van der Waals surface area contributed by atoms with Crippen LogP contribution in [0.2, 0.25) is 0 Å². The van der Waals surface area contributed by atoms with E-state index in [0.717, 1.165) is 43.5 Å². The maximum atomic E-state index is 4.59. The third kappa shape index (κ3) is 4.12. The van der Waals surface area contributed by atoms with Crippen LogP contribution in [0.4, 0.5) is 0 Å². The molecule has 20 heavy (non-hydrogen) atoms. The Morgan fingerprint density at radius 1 is 1.55 bits per heavy atom. The minimum atomic E-state index is 0.298. The van der Waals surface area contributed by atoms with Crippen molar-refractivity contribution in [2.24, 2.45) is 4.99 Å². The topological polar surface area (TPSA) is 40.5 Å². The first-order chi connectivity index (χ1) is 9.54. The molecule has 4 nitrogen and oxygen atoms in total. The van der Waals surface area contributed by atoms with E-state index in [1.165, 1.54) is 5.01 Å². The third-order valence-corrected chi connectivity index (χ3v) is 5.61. The van der Waals surface area contributed by atoms with E-state index < -0.39 is 0 Å². The lowest BCUT2D eigenvalue weighted by molar-refractivity contribution is 0.375. The number of rotatable bonds is 3. The van der Waals surface area contributed by atoms with Gasteiger partial charge in [-0.3, -0.25) is 4.99 Å². The summed E-state index contributed by atoms with van der Waals surface area (Å²) in [5.74, 6) is 2.15. The Bertz CT molecular complexity index is 467. The highest BCUT2D eigenvalue weighted by Gasteiger charge is 2.28. The molecular formula is C14H24N4S2. The molecule has 1 fully saturated rings. The second kappa shape index (κ2) is 6.80. The van der Waals surface area contributed by atoms with E-state index in [1.54, 1.807) is 11.3 Å². The van der Waals surface area contributed by atoms with Crippen LogP contribution in [0, 0.1) is 0 Å². The summed E-state index contributed by atoms with van der Waals surface area (Å²) in [6.07, 6.45) is 1.01. The zero-order valence-corrected chi connectivity index (χ0v) is 14.4. The maximum absolute atomic E-state index is 4.59. The van der Waals surface area contributed by atoms with Crippen molar-refractivity contribution in [3.05, 3.63) is 16.1 Å². The van der Waals surface area contributed by atoms with E-state index in [0.29, 0.717) is 4.75 Å². The Kier molecular flexibility index (Phi) is 5.32. The number of nitrogens with zero attached hydrogens (tertiary/aromatic N) is 3. The average Bonchev–Trinajstić information content (AvgIpc) is 2.86. The molecule has 0 radical (unpaired) electrons. The highest BCUT2D eigenvalue weighted by Crippen LogP contribution is 2.29. The maximum Gasteiger partial charge on any atom is 0.194 e. The lowest BCUT2D eigenvalue weighted by atomic mass is 10.2. The van der Waals surface area contributed by atoms with Gasteiger partial charge in [0.2, 0.25) is 0 Å². The fraction of sp³-hybridized carbons (Fsp3) is 0.714. The summed E-state index contributed by atoms with van der Waals surface area (Å²) < 4.78 is 0.298. The molecule has 1 aliphatic heterocycles. The number of thiazole rings is 1. The van der Waals surface area contributed by atoms with Crippen LogP contribution in [0.3, 0.4) is 0 Å². The summed E-state index contributed by atoms with van der Waals surface area (Å²) in [7, 11) is 1.86. The van der Waals surface area contributed by atoms with E-state index >= 15 is 0 Å². The van der Waals surface area contributed by atoms with Crippen LogP contribution >= 0.6 is 23.1 Å². The molecule has 0 aromatic carbocycles. The van der Waals surface area contributed by atoms with Gasteiger partial charge >= 0.3 is 0 Å². The SMILES string of the molecule is CCc1nc(CNC(=NC)N2CCSC(C)(C)C2)cs1. The van der Waals surface area contributed by atoms with Gasteiger partial charge in [0.25, 0.3) is 0 Å². The van der Waals surface area contributed by atoms with Crippen LogP contribution in [-0.2, 0) is 13.0 Å². The predicted molar refractivity (Wildman–Crippen MR) is 89.8 cm³/mol. The Labute approximate surface area is 130 Å². The van der Waals surface area contributed by atoms with Crippen molar-refractivity contribution in [1.82, 2.24) is 15.2 Å². The molecular weight excluding hydrogens is 288 g/mol. The molecule has 6 heteroatoms. The molecule has 0 spiro atoms. The molecule has 1 aliphatic rings. The normalized spacial score (nSPS) is 19.2. The summed E-state index contributed by atoms with van der Waals surface area (Å²) >= 11 is 3.77. The zero-order chi connectivity index (χ0) is 14.6. The smallest absolute Gasteiger partial charge is 0.194 e. The van der Waals surface area contributed by atoms with Gasteiger partial charge < -0.3 is 10.2 Å². The molecule has 0 aliphatic carbocycles. The van der Waals surface area contributed by atoms with E-state index in [-0.39, 0.29) is 0 Å². The minimum absolute atomic E-state index is 0.298. The van der Waals surface area contributed by atoms with Crippen molar-refractivity contribution >= 4 is 29.1 Å². The van der Waals surface area contributed by atoms with E-state index in [9.17, 15) is 0 Å². The molecule has 0 amide bonds. The molecule has 0 bridgehead atoms. The Morgan fingerprint density at radius 3 is 2.95 bits per heavy atom. The third-order valence-electron chi connectivity index (χ3n) is 3.27.